The van der Waals surface area contributed by atoms with Crippen LogP contribution in [0.2, 0.25) is 0 Å². The van der Waals surface area contributed by atoms with Crippen LogP contribution in [0.1, 0.15) is 10.4 Å². The van der Waals surface area contributed by atoms with E-state index in [9.17, 15) is 14.4 Å². The summed E-state index contributed by atoms with van der Waals surface area (Å²) in [4.78, 5) is 39.0. The lowest BCUT2D eigenvalue weighted by Gasteiger charge is -2.12. The number of rotatable bonds is 5. The minimum atomic E-state index is -0.447. The second-order valence-electron chi connectivity index (χ2n) is 5.51. The molecule has 134 valence electrons. The van der Waals surface area contributed by atoms with Crippen LogP contribution in [-0.4, -0.2) is 35.6 Å². The fourth-order valence-electron chi connectivity index (χ4n) is 2.31. The number of aryl methyl sites for hydroxylation is 1. The lowest BCUT2D eigenvalue weighted by molar-refractivity contribution is -0.127. The molecule has 1 aliphatic heterocycles. The molecule has 0 bridgehead atoms. The molecule has 0 atom stereocenters. The van der Waals surface area contributed by atoms with E-state index in [0.717, 1.165) is 27.1 Å². The fraction of sp³-hybridized carbons (Fsp3) is 0.167. The van der Waals surface area contributed by atoms with Crippen molar-refractivity contribution in [3.8, 4) is 5.75 Å². The summed E-state index contributed by atoms with van der Waals surface area (Å²) in [6.07, 6.45) is 1.70. The van der Waals surface area contributed by atoms with Crippen molar-refractivity contribution in [1.82, 2.24) is 4.90 Å². The van der Waals surface area contributed by atoms with E-state index in [0.29, 0.717) is 16.3 Å². The summed E-state index contributed by atoms with van der Waals surface area (Å²) in [6, 6.07) is 8.74. The Morgan fingerprint density at radius 1 is 1.23 bits per heavy atom. The molecule has 1 aromatic carbocycles. The number of thioether (sulfide) groups is 1. The van der Waals surface area contributed by atoms with Crippen molar-refractivity contribution in [3.63, 3.8) is 0 Å². The molecule has 0 spiro atoms. The monoisotopic (exact) mass is 388 g/mol. The third-order valence-corrected chi connectivity index (χ3v) is 5.59. The number of nitrogens with zero attached hydrogens (tertiary/aromatic N) is 1. The van der Waals surface area contributed by atoms with Crippen molar-refractivity contribution in [1.29, 1.82) is 0 Å². The summed E-state index contributed by atoms with van der Waals surface area (Å²) in [6.45, 7) is 1.62. The van der Waals surface area contributed by atoms with Crippen LogP contribution < -0.4 is 10.1 Å². The number of ether oxygens (including phenoxy) is 1. The minimum Gasteiger partial charge on any atom is -0.497 e. The standard InChI is InChI=1S/C18H16N2O4S2/c1-11-7-8-25-14(11)9-15-17(22)20(18(23)26-15)10-16(21)19-12-3-5-13(24-2)6-4-12/h3-9H,10H2,1-2H3,(H,19,21). The van der Waals surface area contributed by atoms with Crippen LogP contribution >= 0.6 is 23.1 Å². The van der Waals surface area contributed by atoms with Gasteiger partial charge in [0, 0.05) is 10.6 Å². The molecular formula is C18H16N2O4S2. The molecule has 1 saturated heterocycles. The first-order chi connectivity index (χ1) is 12.5. The average Bonchev–Trinajstić information content (AvgIpc) is 3.14. The molecule has 2 aromatic rings. The molecule has 6 nitrogen and oxygen atoms in total. The van der Waals surface area contributed by atoms with E-state index in [1.54, 1.807) is 37.5 Å². The van der Waals surface area contributed by atoms with Crippen LogP contribution in [0.3, 0.4) is 0 Å². The van der Waals surface area contributed by atoms with Crippen molar-refractivity contribution >= 4 is 51.9 Å². The van der Waals surface area contributed by atoms with Gasteiger partial charge in [-0.25, -0.2) is 0 Å². The first-order valence-electron chi connectivity index (χ1n) is 7.71. The highest BCUT2D eigenvalue weighted by Gasteiger charge is 2.36. The van der Waals surface area contributed by atoms with Crippen molar-refractivity contribution in [2.45, 2.75) is 6.92 Å². The predicted octanol–water partition coefficient (Wildman–Crippen LogP) is 3.74. The van der Waals surface area contributed by atoms with Gasteiger partial charge in [0.15, 0.2) is 0 Å². The molecule has 1 fully saturated rings. The number of anilines is 1. The number of carbonyl (C=O) groups excluding carboxylic acids is 3. The quantitative estimate of drug-likeness (QED) is 0.790. The number of hydrogen-bond donors (Lipinski definition) is 1. The van der Waals surface area contributed by atoms with Crippen LogP contribution in [0.4, 0.5) is 10.5 Å². The number of amides is 3. The van der Waals surface area contributed by atoms with Gasteiger partial charge in [-0.3, -0.25) is 19.3 Å². The summed E-state index contributed by atoms with van der Waals surface area (Å²) in [7, 11) is 1.55. The van der Waals surface area contributed by atoms with E-state index in [1.807, 2.05) is 18.4 Å². The van der Waals surface area contributed by atoms with Crippen LogP contribution in [0.15, 0.2) is 40.6 Å². The number of benzene rings is 1. The number of imide groups is 1. The molecule has 0 radical (unpaired) electrons. The highest BCUT2D eigenvalue weighted by molar-refractivity contribution is 8.18. The Balaban J connectivity index is 1.66. The Hall–Kier alpha value is -2.58. The average molecular weight is 388 g/mol. The minimum absolute atomic E-state index is 0.322. The highest BCUT2D eigenvalue weighted by Crippen LogP contribution is 2.33. The molecule has 1 N–H and O–H groups in total. The summed E-state index contributed by atoms with van der Waals surface area (Å²) >= 11 is 2.35. The summed E-state index contributed by atoms with van der Waals surface area (Å²) in [5.74, 6) is -0.216. The molecule has 0 aliphatic carbocycles. The zero-order valence-electron chi connectivity index (χ0n) is 14.1. The van der Waals surface area contributed by atoms with Gasteiger partial charge in [0.05, 0.1) is 12.0 Å². The first kappa shape index (κ1) is 18.2. The summed E-state index contributed by atoms with van der Waals surface area (Å²) in [5, 5.41) is 4.14. The van der Waals surface area contributed by atoms with Crippen molar-refractivity contribution in [3.05, 3.63) is 51.1 Å². The molecule has 0 saturated carbocycles. The topological polar surface area (TPSA) is 75.7 Å². The maximum absolute atomic E-state index is 12.4. The summed E-state index contributed by atoms with van der Waals surface area (Å²) < 4.78 is 5.05. The third kappa shape index (κ3) is 3.97. The maximum atomic E-state index is 12.4. The summed E-state index contributed by atoms with van der Waals surface area (Å²) in [5.41, 5.74) is 1.60. The Morgan fingerprint density at radius 3 is 2.58 bits per heavy atom. The number of carbonyl (C=O) groups is 3. The third-order valence-electron chi connectivity index (χ3n) is 3.71. The highest BCUT2D eigenvalue weighted by atomic mass is 32.2. The second-order valence-corrected chi connectivity index (χ2v) is 7.45. The lowest BCUT2D eigenvalue weighted by Crippen LogP contribution is -2.36. The van der Waals surface area contributed by atoms with Gasteiger partial charge in [0.2, 0.25) is 5.91 Å². The van der Waals surface area contributed by atoms with Gasteiger partial charge >= 0.3 is 0 Å². The van der Waals surface area contributed by atoms with E-state index < -0.39 is 17.1 Å². The van der Waals surface area contributed by atoms with E-state index in [4.69, 9.17) is 4.74 Å². The largest absolute Gasteiger partial charge is 0.497 e. The normalized spacial score (nSPS) is 15.6. The fourth-order valence-corrected chi connectivity index (χ4v) is 4.06. The van der Waals surface area contributed by atoms with Crippen LogP contribution in [-0.2, 0) is 9.59 Å². The molecular weight excluding hydrogens is 372 g/mol. The predicted molar refractivity (Wildman–Crippen MR) is 103 cm³/mol. The molecule has 3 amide bonds. The van der Waals surface area contributed by atoms with E-state index >= 15 is 0 Å². The zero-order chi connectivity index (χ0) is 18.7. The van der Waals surface area contributed by atoms with Gasteiger partial charge in [-0.15, -0.1) is 11.3 Å². The Labute approximate surface area is 158 Å². The molecule has 0 unspecified atom stereocenters. The molecule has 2 heterocycles. The van der Waals surface area contributed by atoms with Gasteiger partial charge < -0.3 is 10.1 Å². The number of hydrogen-bond acceptors (Lipinski definition) is 6. The molecule has 3 rings (SSSR count). The van der Waals surface area contributed by atoms with Gasteiger partial charge in [0.25, 0.3) is 11.1 Å². The number of methoxy groups -OCH3 is 1. The van der Waals surface area contributed by atoms with E-state index in [2.05, 4.69) is 5.32 Å². The van der Waals surface area contributed by atoms with E-state index in [-0.39, 0.29) is 6.54 Å². The maximum Gasteiger partial charge on any atom is 0.294 e. The van der Waals surface area contributed by atoms with Crippen molar-refractivity contribution < 1.29 is 19.1 Å². The SMILES string of the molecule is COc1ccc(NC(=O)CN2C(=O)SC(=Cc3sccc3C)C2=O)cc1. The van der Waals surface area contributed by atoms with E-state index in [1.165, 1.54) is 11.3 Å². The van der Waals surface area contributed by atoms with Gasteiger partial charge in [-0.05, 0) is 66.0 Å². The van der Waals surface area contributed by atoms with Crippen molar-refractivity contribution in [2.24, 2.45) is 0 Å². The van der Waals surface area contributed by atoms with Gasteiger partial charge in [-0.2, -0.15) is 0 Å². The Bertz CT molecular complexity index is 887. The Morgan fingerprint density at radius 2 is 1.96 bits per heavy atom. The number of thiophene rings is 1. The first-order valence-corrected chi connectivity index (χ1v) is 9.41. The molecule has 8 heteroatoms. The molecule has 1 aromatic heterocycles. The van der Waals surface area contributed by atoms with Crippen molar-refractivity contribution in [2.75, 3.05) is 19.0 Å². The van der Waals surface area contributed by atoms with Gasteiger partial charge in [0.1, 0.15) is 12.3 Å². The molecule has 1 aliphatic rings. The lowest BCUT2D eigenvalue weighted by atomic mass is 10.2. The second kappa shape index (κ2) is 7.76. The zero-order valence-corrected chi connectivity index (χ0v) is 15.8. The molecule has 26 heavy (non-hydrogen) atoms. The van der Waals surface area contributed by atoms with Crippen LogP contribution in [0, 0.1) is 6.92 Å². The smallest absolute Gasteiger partial charge is 0.294 e. The Kier molecular flexibility index (Phi) is 5.43. The van der Waals surface area contributed by atoms with Crippen LogP contribution in [0.25, 0.3) is 6.08 Å². The van der Waals surface area contributed by atoms with Crippen LogP contribution in [0.5, 0.6) is 5.75 Å². The van der Waals surface area contributed by atoms with Gasteiger partial charge in [-0.1, -0.05) is 0 Å². The number of nitrogens with one attached hydrogen (secondary N) is 1.